The molecule has 0 aliphatic heterocycles. The van der Waals surface area contributed by atoms with Gasteiger partial charge in [-0.25, -0.2) is 14.8 Å². The van der Waals surface area contributed by atoms with Crippen LogP contribution in [0, 0.1) is 17.0 Å². The molecule has 0 bridgehead atoms. The Morgan fingerprint density at radius 3 is 2.75 bits per heavy atom. The summed E-state index contributed by atoms with van der Waals surface area (Å²) in [6.45, 7) is 1.46. The molecule has 8 heteroatoms. The third-order valence-electron chi connectivity index (χ3n) is 2.42. The van der Waals surface area contributed by atoms with E-state index in [1.165, 1.54) is 37.4 Å². The van der Waals surface area contributed by atoms with Crippen LogP contribution in [0.3, 0.4) is 0 Å². The molecule has 0 aliphatic carbocycles. The van der Waals surface area contributed by atoms with E-state index in [4.69, 9.17) is 9.84 Å². The Kier molecular flexibility index (Phi) is 3.56. The van der Waals surface area contributed by atoms with E-state index in [2.05, 4.69) is 9.97 Å². The van der Waals surface area contributed by atoms with Gasteiger partial charge in [0, 0.05) is 18.3 Å². The molecule has 2 rings (SSSR count). The summed E-state index contributed by atoms with van der Waals surface area (Å²) in [6, 6.07) is 5.48. The van der Waals surface area contributed by atoms with Crippen LogP contribution in [-0.2, 0) is 0 Å². The van der Waals surface area contributed by atoms with Gasteiger partial charge in [0.25, 0.3) is 5.69 Å². The molecule has 1 N–H and O–H groups in total. The number of aromatic carboxylic acids is 1. The topological polar surface area (TPSA) is 115 Å². The van der Waals surface area contributed by atoms with Crippen molar-refractivity contribution in [3.05, 3.63) is 52.0 Å². The van der Waals surface area contributed by atoms with Crippen LogP contribution in [0.25, 0.3) is 0 Å². The van der Waals surface area contributed by atoms with Crippen molar-refractivity contribution < 1.29 is 19.6 Å². The lowest BCUT2D eigenvalue weighted by Crippen LogP contribution is -2.03. The SMILES string of the molecule is Cc1nc(Oc2cccnc2C(=O)O)ccc1[N+](=O)[O-]. The highest BCUT2D eigenvalue weighted by Crippen LogP contribution is 2.25. The minimum Gasteiger partial charge on any atom is -0.476 e. The van der Waals surface area contributed by atoms with Gasteiger partial charge >= 0.3 is 5.97 Å². The number of nitro groups is 1. The number of hydrogen-bond donors (Lipinski definition) is 1. The van der Waals surface area contributed by atoms with Crippen molar-refractivity contribution in [1.29, 1.82) is 0 Å². The number of hydrogen-bond acceptors (Lipinski definition) is 6. The molecule has 0 saturated heterocycles. The van der Waals surface area contributed by atoms with Gasteiger partial charge < -0.3 is 9.84 Å². The van der Waals surface area contributed by atoms with E-state index in [1.54, 1.807) is 0 Å². The van der Waals surface area contributed by atoms with Crippen LogP contribution in [0.4, 0.5) is 5.69 Å². The monoisotopic (exact) mass is 275 g/mol. The van der Waals surface area contributed by atoms with Crippen LogP contribution in [0.2, 0.25) is 0 Å². The predicted octanol–water partition coefficient (Wildman–Crippen LogP) is 2.18. The molecular weight excluding hydrogens is 266 g/mol. The minimum atomic E-state index is -1.24. The summed E-state index contributed by atoms with van der Waals surface area (Å²) in [5, 5.41) is 19.6. The van der Waals surface area contributed by atoms with E-state index >= 15 is 0 Å². The first-order chi connectivity index (χ1) is 9.49. The number of carboxylic acids is 1. The second kappa shape index (κ2) is 5.31. The van der Waals surface area contributed by atoms with E-state index in [0.29, 0.717) is 0 Å². The quantitative estimate of drug-likeness (QED) is 0.671. The van der Waals surface area contributed by atoms with Crippen molar-refractivity contribution >= 4 is 11.7 Å². The average molecular weight is 275 g/mol. The fourth-order valence-electron chi connectivity index (χ4n) is 1.53. The lowest BCUT2D eigenvalue weighted by Gasteiger charge is -2.07. The Morgan fingerprint density at radius 1 is 1.40 bits per heavy atom. The van der Waals surface area contributed by atoms with Crippen LogP contribution < -0.4 is 4.74 Å². The number of pyridine rings is 2. The maximum atomic E-state index is 11.0. The molecule has 2 aromatic heterocycles. The average Bonchev–Trinajstić information content (AvgIpc) is 2.38. The van der Waals surface area contributed by atoms with Crippen molar-refractivity contribution in [2.75, 3.05) is 0 Å². The summed E-state index contributed by atoms with van der Waals surface area (Å²) >= 11 is 0. The predicted molar refractivity (Wildman–Crippen MR) is 66.9 cm³/mol. The number of nitrogens with zero attached hydrogens (tertiary/aromatic N) is 3. The highest BCUT2D eigenvalue weighted by molar-refractivity contribution is 5.88. The van der Waals surface area contributed by atoms with Gasteiger partial charge in [-0.3, -0.25) is 10.1 Å². The van der Waals surface area contributed by atoms with Crippen LogP contribution >= 0.6 is 0 Å². The van der Waals surface area contributed by atoms with Crippen molar-refractivity contribution in [2.24, 2.45) is 0 Å². The highest BCUT2D eigenvalue weighted by Gasteiger charge is 2.16. The first-order valence-corrected chi connectivity index (χ1v) is 5.47. The molecule has 0 radical (unpaired) electrons. The molecular formula is C12H9N3O5. The maximum absolute atomic E-state index is 11.0. The largest absolute Gasteiger partial charge is 0.476 e. The number of aromatic nitrogens is 2. The third kappa shape index (κ3) is 2.69. The van der Waals surface area contributed by atoms with Crippen LogP contribution in [0.15, 0.2) is 30.5 Å². The molecule has 8 nitrogen and oxygen atoms in total. The summed E-state index contributed by atoms with van der Waals surface area (Å²) in [4.78, 5) is 28.7. The highest BCUT2D eigenvalue weighted by atomic mass is 16.6. The fourth-order valence-corrected chi connectivity index (χ4v) is 1.53. The zero-order valence-electron chi connectivity index (χ0n) is 10.3. The number of carboxylic acid groups (broad SMARTS) is 1. The van der Waals surface area contributed by atoms with Crippen molar-refractivity contribution in [1.82, 2.24) is 9.97 Å². The number of carbonyl (C=O) groups is 1. The van der Waals surface area contributed by atoms with Gasteiger partial charge in [0.05, 0.1) is 4.92 Å². The number of ether oxygens (including phenoxy) is 1. The second-order valence-electron chi connectivity index (χ2n) is 3.77. The third-order valence-corrected chi connectivity index (χ3v) is 2.42. The van der Waals surface area contributed by atoms with E-state index in [9.17, 15) is 14.9 Å². The zero-order valence-corrected chi connectivity index (χ0v) is 10.3. The molecule has 0 saturated carbocycles. The Balaban J connectivity index is 2.34. The molecule has 0 aromatic carbocycles. The summed E-state index contributed by atoms with van der Waals surface area (Å²) in [5.74, 6) is -1.16. The Labute approximate surface area is 112 Å². The van der Waals surface area contributed by atoms with Gasteiger partial charge in [0.1, 0.15) is 5.69 Å². The molecule has 0 spiro atoms. The molecule has 2 aromatic rings. The number of rotatable bonds is 4. The normalized spacial score (nSPS) is 10.1. The summed E-state index contributed by atoms with van der Waals surface area (Å²) in [7, 11) is 0. The van der Waals surface area contributed by atoms with E-state index in [-0.39, 0.29) is 28.7 Å². The first kappa shape index (κ1) is 13.4. The van der Waals surface area contributed by atoms with E-state index < -0.39 is 10.9 Å². The van der Waals surface area contributed by atoms with Crippen molar-refractivity contribution in [3.63, 3.8) is 0 Å². The Bertz CT molecular complexity index is 687. The minimum absolute atomic E-state index is 0.0146. The van der Waals surface area contributed by atoms with Gasteiger partial charge in [-0.2, -0.15) is 0 Å². The lowest BCUT2D eigenvalue weighted by atomic mass is 10.3. The molecule has 0 aliphatic rings. The Hall–Kier alpha value is -3.03. The van der Waals surface area contributed by atoms with E-state index in [0.717, 1.165) is 0 Å². The fraction of sp³-hybridized carbons (Fsp3) is 0.0833. The zero-order chi connectivity index (χ0) is 14.7. The maximum Gasteiger partial charge on any atom is 0.358 e. The molecule has 0 fully saturated rings. The second-order valence-corrected chi connectivity index (χ2v) is 3.77. The van der Waals surface area contributed by atoms with Gasteiger partial charge in [0.2, 0.25) is 5.88 Å². The first-order valence-electron chi connectivity index (χ1n) is 5.47. The molecule has 0 amide bonds. The van der Waals surface area contributed by atoms with Crippen LogP contribution in [-0.4, -0.2) is 26.0 Å². The van der Waals surface area contributed by atoms with Crippen LogP contribution in [0.5, 0.6) is 11.6 Å². The lowest BCUT2D eigenvalue weighted by molar-refractivity contribution is -0.385. The van der Waals surface area contributed by atoms with Crippen LogP contribution in [0.1, 0.15) is 16.2 Å². The molecule has 102 valence electrons. The molecule has 20 heavy (non-hydrogen) atoms. The molecule has 0 unspecified atom stereocenters. The summed E-state index contributed by atoms with van der Waals surface area (Å²) in [5.41, 5.74) is -0.222. The summed E-state index contributed by atoms with van der Waals surface area (Å²) in [6.07, 6.45) is 1.32. The standard InChI is InChI=1S/C12H9N3O5/c1-7-8(15(18)19)4-5-10(14-7)20-9-3-2-6-13-11(9)12(16)17/h2-6H,1H3,(H,16,17). The Morgan fingerprint density at radius 2 is 2.15 bits per heavy atom. The smallest absolute Gasteiger partial charge is 0.358 e. The van der Waals surface area contributed by atoms with Gasteiger partial charge in [-0.15, -0.1) is 0 Å². The van der Waals surface area contributed by atoms with Gasteiger partial charge in [-0.05, 0) is 19.1 Å². The van der Waals surface area contributed by atoms with Crippen molar-refractivity contribution in [3.8, 4) is 11.6 Å². The number of aryl methyl sites for hydroxylation is 1. The molecule has 0 atom stereocenters. The van der Waals surface area contributed by atoms with Gasteiger partial charge in [0.15, 0.2) is 11.4 Å². The summed E-state index contributed by atoms with van der Waals surface area (Å²) < 4.78 is 5.31. The van der Waals surface area contributed by atoms with Gasteiger partial charge in [-0.1, -0.05) is 0 Å². The van der Waals surface area contributed by atoms with Crippen molar-refractivity contribution in [2.45, 2.75) is 6.92 Å². The van der Waals surface area contributed by atoms with E-state index in [1.807, 2.05) is 0 Å². The molecule has 2 heterocycles.